The standard InChI is InChI=1S/C17H23N5O2S2/c1-3-24-16(23)18-15-19-22(17(25)26-15)12-20-7-9-21(10-8-20)14-6-4-5-13(2)11-14/h4-6,11H,3,7-10,12H2,1-2H3,(H,18,19,23). The molecule has 2 aromatic rings. The molecular weight excluding hydrogens is 370 g/mol. The van der Waals surface area contributed by atoms with Gasteiger partial charge in [-0.05, 0) is 43.8 Å². The molecule has 1 amide bonds. The van der Waals surface area contributed by atoms with Gasteiger partial charge in [-0.25, -0.2) is 9.48 Å². The van der Waals surface area contributed by atoms with Crippen molar-refractivity contribution < 1.29 is 9.53 Å². The molecule has 1 aliphatic heterocycles. The first-order chi connectivity index (χ1) is 12.5. The summed E-state index contributed by atoms with van der Waals surface area (Å²) in [5.41, 5.74) is 2.55. The van der Waals surface area contributed by atoms with Crippen molar-refractivity contribution in [3.05, 3.63) is 33.8 Å². The van der Waals surface area contributed by atoms with Gasteiger partial charge in [-0.15, -0.1) is 5.10 Å². The van der Waals surface area contributed by atoms with Crippen LogP contribution in [0.25, 0.3) is 0 Å². The van der Waals surface area contributed by atoms with Crippen molar-refractivity contribution in [2.45, 2.75) is 20.5 Å². The number of piperazine rings is 1. The summed E-state index contributed by atoms with van der Waals surface area (Å²) in [5, 5.41) is 7.45. The van der Waals surface area contributed by atoms with E-state index in [4.69, 9.17) is 17.0 Å². The highest BCUT2D eigenvalue weighted by Crippen LogP contribution is 2.19. The van der Waals surface area contributed by atoms with Crippen LogP contribution in [0, 0.1) is 10.9 Å². The Morgan fingerprint density at radius 2 is 2.12 bits per heavy atom. The number of carbonyl (C=O) groups excluding carboxylic acids is 1. The Morgan fingerprint density at radius 1 is 1.35 bits per heavy atom. The zero-order valence-electron chi connectivity index (χ0n) is 15.0. The molecule has 1 aromatic heterocycles. The van der Waals surface area contributed by atoms with Gasteiger partial charge in [0.1, 0.15) is 0 Å². The summed E-state index contributed by atoms with van der Waals surface area (Å²) >= 11 is 6.64. The molecule has 2 heterocycles. The van der Waals surface area contributed by atoms with Crippen LogP contribution in [-0.4, -0.2) is 53.6 Å². The van der Waals surface area contributed by atoms with E-state index in [0.29, 0.717) is 22.4 Å². The molecule has 0 atom stereocenters. The van der Waals surface area contributed by atoms with Gasteiger partial charge in [-0.3, -0.25) is 10.2 Å². The Labute approximate surface area is 162 Å². The van der Waals surface area contributed by atoms with Crippen molar-refractivity contribution in [2.75, 3.05) is 43.0 Å². The van der Waals surface area contributed by atoms with E-state index < -0.39 is 6.09 Å². The third-order valence-electron chi connectivity index (χ3n) is 4.16. The van der Waals surface area contributed by atoms with E-state index in [0.717, 1.165) is 26.2 Å². The number of amides is 1. The van der Waals surface area contributed by atoms with Crippen molar-refractivity contribution in [3.63, 3.8) is 0 Å². The molecule has 1 N–H and O–H groups in total. The second-order valence-corrected chi connectivity index (χ2v) is 7.73. The van der Waals surface area contributed by atoms with Crippen LogP contribution >= 0.6 is 23.6 Å². The lowest BCUT2D eigenvalue weighted by Crippen LogP contribution is -2.47. The average Bonchev–Trinajstić information content (AvgIpc) is 2.95. The molecule has 1 saturated heterocycles. The molecular formula is C17H23N5O2S2. The number of aryl methyl sites for hydroxylation is 1. The van der Waals surface area contributed by atoms with Crippen LogP contribution in [0.15, 0.2) is 24.3 Å². The fourth-order valence-corrected chi connectivity index (χ4v) is 3.84. The zero-order chi connectivity index (χ0) is 18.5. The van der Waals surface area contributed by atoms with Crippen LogP contribution in [0.4, 0.5) is 15.6 Å². The van der Waals surface area contributed by atoms with Crippen LogP contribution in [0.1, 0.15) is 12.5 Å². The van der Waals surface area contributed by atoms with Crippen LogP contribution < -0.4 is 10.2 Å². The molecule has 9 heteroatoms. The van der Waals surface area contributed by atoms with Gasteiger partial charge >= 0.3 is 6.09 Å². The van der Waals surface area contributed by atoms with Crippen molar-refractivity contribution in [2.24, 2.45) is 0 Å². The molecule has 1 aliphatic rings. The fraction of sp³-hybridized carbons (Fsp3) is 0.471. The van der Waals surface area contributed by atoms with Crippen molar-refractivity contribution in [1.82, 2.24) is 14.7 Å². The topological polar surface area (TPSA) is 62.6 Å². The minimum Gasteiger partial charge on any atom is -0.450 e. The second-order valence-electron chi connectivity index (χ2n) is 6.10. The van der Waals surface area contributed by atoms with E-state index in [2.05, 4.69) is 51.4 Å². The van der Waals surface area contributed by atoms with Crippen molar-refractivity contribution in [1.29, 1.82) is 0 Å². The number of nitrogens with one attached hydrogen (secondary N) is 1. The van der Waals surface area contributed by atoms with Gasteiger partial charge in [0, 0.05) is 31.9 Å². The van der Waals surface area contributed by atoms with Crippen molar-refractivity contribution >= 4 is 40.5 Å². The molecule has 1 aromatic carbocycles. The molecule has 3 rings (SSSR count). The molecule has 7 nitrogen and oxygen atoms in total. The minimum absolute atomic E-state index is 0.323. The monoisotopic (exact) mass is 393 g/mol. The predicted molar refractivity (Wildman–Crippen MR) is 107 cm³/mol. The van der Waals surface area contributed by atoms with E-state index in [-0.39, 0.29) is 0 Å². The van der Waals surface area contributed by atoms with Crippen LogP contribution in [-0.2, 0) is 11.4 Å². The molecule has 1 fully saturated rings. The third-order valence-corrected chi connectivity index (χ3v) is 5.39. The average molecular weight is 394 g/mol. The lowest BCUT2D eigenvalue weighted by molar-refractivity contribution is 0.167. The third kappa shape index (κ3) is 4.80. The summed E-state index contributed by atoms with van der Waals surface area (Å²) in [5.74, 6) is 0. The molecule has 0 aliphatic carbocycles. The number of anilines is 2. The van der Waals surface area contributed by atoms with Gasteiger partial charge in [-0.1, -0.05) is 23.5 Å². The smallest absolute Gasteiger partial charge is 0.413 e. The molecule has 26 heavy (non-hydrogen) atoms. The highest BCUT2D eigenvalue weighted by Gasteiger charge is 2.18. The molecule has 0 radical (unpaired) electrons. The number of nitrogens with zero attached hydrogens (tertiary/aromatic N) is 4. The second kappa shape index (κ2) is 8.61. The quantitative estimate of drug-likeness (QED) is 0.786. The number of carbonyl (C=O) groups is 1. The van der Waals surface area contributed by atoms with E-state index in [1.54, 1.807) is 11.6 Å². The van der Waals surface area contributed by atoms with Gasteiger partial charge in [-0.2, -0.15) is 0 Å². The van der Waals surface area contributed by atoms with Gasteiger partial charge in [0.2, 0.25) is 5.13 Å². The zero-order valence-corrected chi connectivity index (χ0v) is 16.6. The molecule has 0 saturated carbocycles. The van der Waals surface area contributed by atoms with Gasteiger partial charge in [0.25, 0.3) is 0 Å². The summed E-state index contributed by atoms with van der Waals surface area (Å²) in [6.45, 7) is 8.64. The summed E-state index contributed by atoms with van der Waals surface area (Å²) in [6, 6.07) is 8.60. The number of benzene rings is 1. The molecule has 0 spiro atoms. The Hall–Kier alpha value is -1.97. The van der Waals surface area contributed by atoms with Crippen molar-refractivity contribution in [3.8, 4) is 0 Å². The van der Waals surface area contributed by atoms with Gasteiger partial charge in [0.15, 0.2) is 3.95 Å². The minimum atomic E-state index is -0.504. The number of aromatic nitrogens is 2. The number of ether oxygens (including phenoxy) is 1. The SMILES string of the molecule is CCOC(=O)Nc1nn(CN2CCN(c3cccc(C)c3)CC2)c(=S)s1. The maximum absolute atomic E-state index is 11.5. The molecule has 0 unspecified atom stereocenters. The number of hydrogen-bond donors (Lipinski definition) is 1. The Kier molecular flexibility index (Phi) is 6.23. The molecule has 0 bridgehead atoms. The Bertz CT molecular complexity index is 811. The first-order valence-corrected chi connectivity index (χ1v) is 9.83. The number of hydrogen-bond acceptors (Lipinski definition) is 7. The summed E-state index contributed by atoms with van der Waals surface area (Å²) in [6.07, 6.45) is -0.504. The largest absolute Gasteiger partial charge is 0.450 e. The molecule has 140 valence electrons. The first kappa shape index (κ1) is 18.8. The lowest BCUT2D eigenvalue weighted by Gasteiger charge is -2.36. The van der Waals surface area contributed by atoms with E-state index in [9.17, 15) is 4.79 Å². The maximum Gasteiger partial charge on any atom is 0.413 e. The summed E-state index contributed by atoms with van der Waals surface area (Å²) in [7, 11) is 0. The van der Waals surface area contributed by atoms with Crippen LogP contribution in [0.3, 0.4) is 0 Å². The summed E-state index contributed by atoms with van der Waals surface area (Å²) in [4.78, 5) is 16.2. The van der Waals surface area contributed by atoms with Gasteiger partial charge in [0.05, 0.1) is 13.3 Å². The first-order valence-electron chi connectivity index (χ1n) is 8.61. The predicted octanol–water partition coefficient (Wildman–Crippen LogP) is 3.33. The van der Waals surface area contributed by atoms with E-state index in [1.165, 1.54) is 22.6 Å². The maximum atomic E-state index is 11.5. The Morgan fingerprint density at radius 3 is 2.81 bits per heavy atom. The van der Waals surface area contributed by atoms with Crippen LogP contribution in [0.5, 0.6) is 0 Å². The van der Waals surface area contributed by atoms with E-state index >= 15 is 0 Å². The van der Waals surface area contributed by atoms with E-state index in [1.807, 2.05) is 0 Å². The lowest BCUT2D eigenvalue weighted by atomic mass is 10.2. The number of rotatable bonds is 5. The Balaban J connectivity index is 1.55. The highest BCUT2D eigenvalue weighted by molar-refractivity contribution is 7.73. The normalized spacial score (nSPS) is 15.1. The highest BCUT2D eigenvalue weighted by atomic mass is 32.1. The van der Waals surface area contributed by atoms with Crippen LogP contribution in [0.2, 0.25) is 0 Å². The fourth-order valence-electron chi connectivity index (χ4n) is 2.86. The summed E-state index contributed by atoms with van der Waals surface area (Å²) < 4.78 is 7.26. The van der Waals surface area contributed by atoms with Gasteiger partial charge < -0.3 is 9.64 Å².